The van der Waals surface area contributed by atoms with Crippen LogP contribution < -0.4 is 10.1 Å². The van der Waals surface area contributed by atoms with Crippen molar-refractivity contribution in [3.63, 3.8) is 0 Å². The Morgan fingerprint density at radius 1 is 1.16 bits per heavy atom. The standard InChI is InChI=1S/C25H29N5O2/c1-32-24-10-6-5-9-20(24)14-26-25(31)22-16-29-12-11-19(22)13-21(29)15-30-17-23(27-28-30)18-7-3-2-4-8-18/h2-10,17,19,21-22H,11-16H2,1H3,(H,26,31). The highest BCUT2D eigenvalue weighted by molar-refractivity contribution is 5.79. The second-order valence-corrected chi connectivity index (χ2v) is 8.76. The van der Waals surface area contributed by atoms with Gasteiger partial charge >= 0.3 is 0 Å². The van der Waals surface area contributed by atoms with E-state index in [1.807, 2.05) is 53.3 Å². The molecular formula is C25H29N5O2. The van der Waals surface area contributed by atoms with Gasteiger partial charge in [0, 0.05) is 30.3 Å². The molecule has 32 heavy (non-hydrogen) atoms. The summed E-state index contributed by atoms with van der Waals surface area (Å²) in [4.78, 5) is 15.4. The molecule has 7 nitrogen and oxygen atoms in total. The van der Waals surface area contributed by atoms with Crippen LogP contribution in [0.1, 0.15) is 18.4 Å². The van der Waals surface area contributed by atoms with Gasteiger partial charge in [-0.3, -0.25) is 14.4 Å². The van der Waals surface area contributed by atoms with Crippen LogP contribution in [0.15, 0.2) is 60.8 Å². The SMILES string of the molecule is COc1ccccc1CNC(=O)C1CN2CCC1CC2Cn1cc(-c2ccccc2)nn1. The Kier molecular flexibility index (Phi) is 5.90. The molecule has 3 fully saturated rings. The maximum atomic E-state index is 13.0. The maximum absolute atomic E-state index is 13.0. The number of nitrogens with one attached hydrogen (secondary N) is 1. The van der Waals surface area contributed by atoms with E-state index >= 15 is 0 Å². The molecular weight excluding hydrogens is 402 g/mol. The predicted molar refractivity (Wildman–Crippen MR) is 122 cm³/mol. The van der Waals surface area contributed by atoms with Crippen molar-refractivity contribution >= 4 is 5.91 Å². The number of carbonyl (C=O) groups excluding carboxylic acids is 1. The normalized spacial score (nSPS) is 24.3. The highest BCUT2D eigenvalue weighted by atomic mass is 16.5. The fourth-order valence-electron chi connectivity index (χ4n) is 5.13. The van der Waals surface area contributed by atoms with Crippen molar-refractivity contribution in [2.24, 2.45) is 11.8 Å². The fourth-order valence-corrected chi connectivity index (χ4v) is 5.13. The number of hydrogen-bond acceptors (Lipinski definition) is 5. The monoisotopic (exact) mass is 431 g/mol. The lowest BCUT2D eigenvalue weighted by Crippen LogP contribution is -2.58. The minimum atomic E-state index is 0.0466. The summed E-state index contributed by atoms with van der Waals surface area (Å²) < 4.78 is 7.35. The summed E-state index contributed by atoms with van der Waals surface area (Å²) in [6.07, 6.45) is 4.12. The van der Waals surface area contributed by atoms with E-state index in [2.05, 4.69) is 32.7 Å². The molecule has 4 unspecified atom stereocenters. The van der Waals surface area contributed by atoms with Crippen LogP contribution in [0.5, 0.6) is 5.75 Å². The molecule has 3 aliphatic rings. The number of hydrogen-bond donors (Lipinski definition) is 1. The average molecular weight is 432 g/mol. The lowest BCUT2D eigenvalue weighted by atomic mass is 9.75. The van der Waals surface area contributed by atoms with Gasteiger partial charge in [0.2, 0.25) is 5.91 Å². The summed E-state index contributed by atoms with van der Waals surface area (Å²) in [6.45, 7) is 3.17. The van der Waals surface area contributed by atoms with Crippen LogP contribution in [-0.2, 0) is 17.9 Å². The van der Waals surface area contributed by atoms with Gasteiger partial charge in [-0.2, -0.15) is 0 Å². The molecule has 3 aliphatic heterocycles. The van der Waals surface area contributed by atoms with Gasteiger partial charge < -0.3 is 10.1 Å². The number of amides is 1. The molecule has 3 saturated heterocycles. The molecule has 1 aromatic heterocycles. The van der Waals surface area contributed by atoms with Gasteiger partial charge in [0.15, 0.2) is 0 Å². The molecule has 7 heteroatoms. The van der Waals surface area contributed by atoms with Crippen LogP contribution in [0.4, 0.5) is 0 Å². The molecule has 0 saturated carbocycles. The third-order valence-corrected chi connectivity index (χ3v) is 6.87. The zero-order valence-electron chi connectivity index (χ0n) is 18.4. The number of methoxy groups -OCH3 is 1. The second-order valence-electron chi connectivity index (χ2n) is 8.76. The Morgan fingerprint density at radius 3 is 2.75 bits per heavy atom. The Balaban J connectivity index is 1.19. The first kappa shape index (κ1) is 20.7. The molecule has 166 valence electrons. The van der Waals surface area contributed by atoms with Crippen LogP contribution in [0.3, 0.4) is 0 Å². The van der Waals surface area contributed by atoms with Gasteiger partial charge in [-0.25, -0.2) is 0 Å². The number of ether oxygens (including phenoxy) is 1. The molecule has 4 atom stereocenters. The van der Waals surface area contributed by atoms with Crippen molar-refractivity contribution in [1.29, 1.82) is 0 Å². The zero-order chi connectivity index (χ0) is 21.9. The molecule has 3 aromatic rings. The second kappa shape index (κ2) is 9.12. The number of piperidine rings is 3. The van der Waals surface area contributed by atoms with E-state index < -0.39 is 0 Å². The molecule has 2 bridgehead atoms. The number of fused-ring (bicyclic) bond motifs is 3. The lowest BCUT2D eigenvalue weighted by Gasteiger charge is -2.49. The Morgan fingerprint density at radius 2 is 1.97 bits per heavy atom. The predicted octanol–water partition coefficient (Wildman–Crippen LogP) is 2.98. The number of aromatic nitrogens is 3. The van der Waals surface area contributed by atoms with Crippen LogP contribution in [0.25, 0.3) is 11.3 Å². The minimum Gasteiger partial charge on any atom is -0.496 e. The zero-order valence-corrected chi connectivity index (χ0v) is 18.4. The van der Waals surface area contributed by atoms with Gasteiger partial charge in [0.25, 0.3) is 0 Å². The van der Waals surface area contributed by atoms with Gasteiger partial charge in [0.05, 0.1) is 25.8 Å². The van der Waals surface area contributed by atoms with E-state index in [1.165, 1.54) is 0 Å². The number of carbonyl (C=O) groups is 1. The molecule has 0 aliphatic carbocycles. The van der Waals surface area contributed by atoms with Crippen LogP contribution >= 0.6 is 0 Å². The molecule has 1 amide bonds. The van der Waals surface area contributed by atoms with E-state index in [0.717, 1.165) is 55.0 Å². The molecule has 0 radical (unpaired) electrons. The Bertz CT molecular complexity index is 1070. The summed E-state index contributed by atoms with van der Waals surface area (Å²) in [7, 11) is 1.66. The Labute approximate surface area is 188 Å². The maximum Gasteiger partial charge on any atom is 0.224 e. The summed E-state index contributed by atoms with van der Waals surface area (Å²) in [6, 6.07) is 18.4. The highest BCUT2D eigenvalue weighted by Crippen LogP contribution is 2.37. The molecule has 2 aromatic carbocycles. The first-order chi connectivity index (χ1) is 15.7. The van der Waals surface area contributed by atoms with Crippen LogP contribution in [0, 0.1) is 11.8 Å². The summed E-state index contributed by atoms with van der Waals surface area (Å²) in [5.74, 6) is 1.42. The largest absolute Gasteiger partial charge is 0.496 e. The third-order valence-electron chi connectivity index (χ3n) is 6.87. The first-order valence-corrected chi connectivity index (χ1v) is 11.3. The summed E-state index contributed by atoms with van der Waals surface area (Å²) in [5, 5.41) is 11.8. The minimum absolute atomic E-state index is 0.0466. The Hall–Kier alpha value is -3.19. The van der Waals surface area contributed by atoms with E-state index in [0.29, 0.717) is 18.5 Å². The quantitative estimate of drug-likeness (QED) is 0.623. The molecule has 1 N–H and O–H groups in total. The van der Waals surface area contributed by atoms with Crippen LogP contribution in [0.2, 0.25) is 0 Å². The number of rotatable bonds is 7. The van der Waals surface area contributed by atoms with Crippen molar-refractivity contribution < 1.29 is 9.53 Å². The van der Waals surface area contributed by atoms with Crippen molar-refractivity contribution in [2.75, 3.05) is 20.2 Å². The third kappa shape index (κ3) is 4.25. The van der Waals surface area contributed by atoms with Gasteiger partial charge in [-0.15, -0.1) is 5.10 Å². The van der Waals surface area contributed by atoms with Gasteiger partial charge in [-0.05, 0) is 31.4 Å². The molecule has 0 spiro atoms. The topological polar surface area (TPSA) is 72.3 Å². The van der Waals surface area contributed by atoms with E-state index in [1.54, 1.807) is 7.11 Å². The number of nitrogens with zero attached hydrogens (tertiary/aromatic N) is 4. The van der Waals surface area contributed by atoms with Crippen molar-refractivity contribution in [2.45, 2.75) is 32.0 Å². The smallest absolute Gasteiger partial charge is 0.224 e. The summed E-state index contributed by atoms with van der Waals surface area (Å²) in [5.41, 5.74) is 2.98. The summed E-state index contributed by atoms with van der Waals surface area (Å²) >= 11 is 0. The first-order valence-electron chi connectivity index (χ1n) is 11.3. The van der Waals surface area contributed by atoms with Crippen molar-refractivity contribution in [1.82, 2.24) is 25.2 Å². The van der Waals surface area contributed by atoms with Gasteiger partial charge in [-0.1, -0.05) is 53.7 Å². The van der Waals surface area contributed by atoms with Crippen molar-refractivity contribution in [3.05, 3.63) is 66.4 Å². The molecule has 6 rings (SSSR count). The lowest BCUT2D eigenvalue weighted by molar-refractivity contribution is -0.133. The number of benzene rings is 2. The fraction of sp³-hybridized carbons (Fsp3) is 0.400. The van der Waals surface area contributed by atoms with Crippen molar-refractivity contribution in [3.8, 4) is 17.0 Å². The highest BCUT2D eigenvalue weighted by Gasteiger charge is 2.43. The average Bonchev–Trinajstić information content (AvgIpc) is 3.32. The van der Waals surface area contributed by atoms with Crippen LogP contribution in [-0.4, -0.2) is 52.0 Å². The van der Waals surface area contributed by atoms with E-state index in [9.17, 15) is 4.79 Å². The molecule has 4 heterocycles. The number of para-hydroxylation sites is 1. The van der Waals surface area contributed by atoms with Gasteiger partial charge in [0.1, 0.15) is 11.4 Å². The van der Waals surface area contributed by atoms with E-state index in [-0.39, 0.29) is 11.8 Å². The van der Waals surface area contributed by atoms with E-state index in [4.69, 9.17) is 4.74 Å².